The summed E-state index contributed by atoms with van der Waals surface area (Å²) in [5.74, 6) is -0.369. The summed E-state index contributed by atoms with van der Waals surface area (Å²) >= 11 is 3.17. The molecule has 0 radical (unpaired) electrons. The largest absolute Gasteiger partial charge is 0.388 e. The van der Waals surface area contributed by atoms with Gasteiger partial charge in [0.2, 0.25) is 0 Å². The first-order valence-electron chi connectivity index (χ1n) is 6.69. The highest BCUT2D eigenvalue weighted by molar-refractivity contribution is 9.10. The average Bonchev–Trinajstić information content (AvgIpc) is 2.89. The number of hydrogen-bond acceptors (Lipinski definition) is 2. The first-order valence-corrected chi connectivity index (χ1v) is 7.48. The minimum absolute atomic E-state index is 0.314. The van der Waals surface area contributed by atoms with Crippen LogP contribution in [0.1, 0.15) is 43.7 Å². The number of benzene rings is 1. The fourth-order valence-corrected chi connectivity index (χ4v) is 2.53. The first-order chi connectivity index (χ1) is 9.52. The molecule has 2 aromatic rings. The van der Waals surface area contributed by atoms with Crippen LogP contribution >= 0.6 is 15.9 Å². The second kappa shape index (κ2) is 6.50. The summed E-state index contributed by atoms with van der Waals surface area (Å²) in [6.07, 6.45) is 2.50. The van der Waals surface area contributed by atoms with Crippen molar-refractivity contribution in [2.24, 2.45) is 0 Å². The number of halogens is 2. The Bertz CT molecular complexity index is 585. The zero-order valence-electron chi connectivity index (χ0n) is 11.6. The molecule has 108 valence electrons. The van der Waals surface area contributed by atoms with Crippen LogP contribution in [0.15, 0.2) is 34.9 Å². The maximum Gasteiger partial charge on any atom is 0.137 e. The molecule has 0 aliphatic rings. The van der Waals surface area contributed by atoms with Crippen molar-refractivity contribution >= 4 is 15.9 Å². The van der Waals surface area contributed by atoms with E-state index in [1.165, 1.54) is 6.07 Å². The van der Waals surface area contributed by atoms with Gasteiger partial charge in [-0.25, -0.2) is 4.39 Å². The molecule has 2 atom stereocenters. The van der Waals surface area contributed by atoms with Gasteiger partial charge in [0.1, 0.15) is 5.82 Å². The Morgan fingerprint density at radius 1 is 1.40 bits per heavy atom. The Morgan fingerprint density at radius 2 is 2.15 bits per heavy atom. The average molecular weight is 341 g/mol. The molecule has 1 aromatic heterocycles. The minimum Gasteiger partial charge on any atom is -0.388 e. The second-order valence-corrected chi connectivity index (χ2v) is 5.70. The highest BCUT2D eigenvalue weighted by Gasteiger charge is 2.16. The van der Waals surface area contributed by atoms with Crippen LogP contribution < -0.4 is 0 Å². The van der Waals surface area contributed by atoms with Crippen LogP contribution in [0.25, 0.3) is 0 Å². The normalized spacial score (nSPS) is 14.2. The quantitative estimate of drug-likeness (QED) is 0.892. The molecule has 2 rings (SSSR count). The van der Waals surface area contributed by atoms with Gasteiger partial charge in [-0.15, -0.1) is 0 Å². The van der Waals surface area contributed by atoms with E-state index in [0.717, 1.165) is 12.1 Å². The molecular weight excluding hydrogens is 323 g/mol. The molecule has 1 heterocycles. The standard InChI is InChI=1S/C15H18BrFN2O/c1-3-10(2)19-8-7-11(18-19)9-14(20)12-5-4-6-13(17)15(12)16/h4-8,10,14,20H,3,9H2,1-2H3. The molecule has 0 spiro atoms. The topological polar surface area (TPSA) is 38.0 Å². The third-order valence-corrected chi connectivity index (χ3v) is 4.29. The van der Waals surface area contributed by atoms with Crippen LogP contribution in [0, 0.1) is 5.82 Å². The van der Waals surface area contributed by atoms with E-state index in [4.69, 9.17) is 0 Å². The Hall–Kier alpha value is -1.20. The Morgan fingerprint density at radius 3 is 2.85 bits per heavy atom. The predicted molar refractivity (Wildman–Crippen MR) is 80.0 cm³/mol. The van der Waals surface area contributed by atoms with E-state index in [2.05, 4.69) is 34.9 Å². The van der Waals surface area contributed by atoms with Gasteiger partial charge in [-0.05, 0) is 47.0 Å². The molecule has 0 saturated heterocycles. The predicted octanol–water partition coefficient (Wildman–Crippen LogP) is 4.03. The summed E-state index contributed by atoms with van der Waals surface area (Å²) in [5.41, 5.74) is 1.34. The van der Waals surface area contributed by atoms with Gasteiger partial charge in [-0.3, -0.25) is 4.68 Å². The zero-order chi connectivity index (χ0) is 14.7. The lowest BCUT2D eigenvalue weighted by Crippen LogP contribution is -2.07. The van der Waals surface area contributed by atoms with Gasteiger partial charge in [-0.2, -0.15) is 5.10 Å². The van der Waals surface area contributed by atoms with Crippen LogP contribution in [-0.4, -0.2) is 14.9 Å². The van der Waals surface area contributed by atoms with Crippen molar-refractivity contribution in [1.29, 1.82) is 0 Å². The molecule has 3 nitrogen and oxygen atoms in total. The number of aromatic nitrogens is 2. The molecule has 20 heavy (non-hydrogen) atoms. The third-order valence-electron chi connectivity index (χ3n) is 3.45. The Balaban J connectivity index is 2.13. The Kier molecular flexibility index (Phi) is 4.94. The number of hydrogen-bond donors (Lipinski definition) is 1. The lowest BCUT2D eigenvalue weighted by atomic mass is 10.1. The van der Waals surface area contributed by atoms with E-state index in [9.17, 15) is 9.50 Å². The summed E-state index contributed by atoms with van der Waals surface area (Å²) in [6, 6.07) is 6.89. The summed E-state index contributed by atoms with van der Waals surface area (Å²) in [5, 5.41) is 14.7. The first kappa shape index (κ1) is 15.2. The highest BCUT2D eigenvalue weighted by Crippen LogP contribution is 2.28. The summed E-state index contributed by atoms with van der Waals surface area (Å²) < 4.78 is 15.7. The van der Waals surface area contributed by atoms with Crippen molar-refractivity contribution in [3.63, 3.8) is 0 Å². The molecule has 0 bridgehead atoms. The third kappa shape index (κ3) is 3.27. The van der Waals surface area contributed by atoms with Gasteiger partial charge in [0.05, 0.1) is 16.3 Å². The van der Waals surface area contributed by atoms with Crippen molar-refractivity contribution in [2.75, 3.05) is 0 Å². The fraction of sp³-hybridized carbons (Fsp3) is 0.400. The number of aliphatic hydroxyl groups excluding tert-OH is 1. The molecule has 0 aliphatic heterocycles. The van der Waals surface area contributed by atoms with Crippen molar-refractivity contribution in [2.45, 2.75) is 38.8 Å². The van der Waals surface area contributed by atoms with E-state index in [1.807, 2.05) is 16.9 Å². The molecule has 2 unspecified atom stereocenters. The van der Waals surface area contributed by atoms with Crippen LogP contribution in [0.5, 0.6) is 0 Å². The Labute approximate surface area is 126 Å². The van der Waals surface area contributed by atoms with Gasteiger partial charge < -0.3 is 5.11 Å². The summed E-state index contributed by atoms with van der Waals surface area (Å²) in [7, 11) is 0. The van der Waals surface area contributed by atoms with Gasteiger partial charge in [-0.1, -0.05) is 19.1 Å². The van der Waals surface area contributed by atoms with Crippen LogP contribution in [0.3, 0.4) is 0 Å². The molecule has 5 heteroatoms. The number of aliphatic hydroxyl groups is 1. The van der Waals surface area contributed by atoms with E-state index in [1.54, 1.807) is 12.1 Å². The second-order valence-electron chi connectivity index (χ2n) is 4.91. The van der Waals surface area contributed by atoms with Crippen LogP contribution in [-0.2, 0) is 6.42 Å². The lowest BCUT2D eigenvalue weighted by molar-refractivity contribution is 0.175. The summed E-state index contributed by atoms with van der Waals surface area (Å²) in [4.78, 5) is 0. The number of nitrogens with zero attached hydrogens (tertiary/aromatic N) is 2. The van der Waals surface area contributed by atoms with E-state index in [-0.39, 0.29) is 5.82 Å². The maximum absolute atomic E-state index is 13.5. The molecule has 0 saturated carbocycles. The smallest absolute Gasteiger partial charge is 0.137 e. The van der Waals surface area contributed by atoms with Gasteiger partial charge in [0.15, 0.2) is 0 Å². The lowest BCUT2D eigenvalue weighted by Gasteiger charge is -2.12. The van der Waals surface area contributed by atoms with E-state index in [0.29, 0.717) is 22.5 Å². The van der Waals surface area contributed by atoms with Crippen molar-refractivity contribution in [3.05, 3.63) is 52.0 Å². The van der Waals surface area contributed by atoms with Crippen molar-refractivity contribution in [1.82, 2.24) is 9.78 Å². The molecule has 0 amide bonds. The van der Waals surface area contributed by atoms with Crippen LogP contribution in [0.2, 0.25) is 0 Å². The van der Waals surface area contributed by atoms with E-state index >= 15 is 0 Å². The van der Waals surface area contributed by atoms with Gasteiger partial charge >= 0.3 is 0 Å². The molecule has 0 fully saturated rings. The minimum atomic E-state index is -0.777. The fourth-order valence-electron chi connectivity index (χ4n) is 2.00. The molecular formula is C15H18BrFN2O. The molecule has 0 aliphatic carbocycles. The molecule has 1 aromatic carbocycles. The van der Waals surface area contributed by atoms with Gasteiger partial charge in [0.25, 0.3) is 0 Å². The molecule has 1 N–H and O–H groups in total. The monoisotopic (exact) mass is 340 g/mol. The summed E-state index contributed by atoms with van der Waals surface area (Å²) in [6.45, 7) is 4.20. The van der Waals surface area contributed by atoms with Crippen molar-refractivity contribution in [3.8, 4) is 0 Å². The maximum atomic E-state index is 13.5. The number of rotatable bonds is 5. The van der Waals surface area contributed by atoms with Gasteiger partial charge in [0, 0.05) is 18.7 Å². The van der Waals surface area contributed by atoms with Crippen molar-refractivity contribution < 1.29 is 9.50 Å². The van der Waals surface area contributed by atoms with E-state index < -0.39 is 6.10 Å². The SMILES string of the molecule is CCC(C)n1ccc(CC(O)c2cccc(F)c2Br)n1. The highest BCUT2D eigenvalue weighted by atomic mass is 79.9. The zero-order valence-corrected chi connectivity index (χ0v) is 13.1. The van der Waals surface area contributed by atoms with Crippen LogP contribution in [0.4, 0.5) is 4.39 Å².